The molecular weight excluding hydrogens is 505 g/mol. The van der Waals surface area contributed by atoms with Crippen LogP contribution in [0, 0.1) is 23.6 Å². The van der Waals surface area contributed by atoms with Gasteiger partial charge in [-0.3, -0.25) is 24.1 Å². The molecule has 2 N–H and O–H groups in total. The van der Waals surface area contributed by atoms with Crippen LogP contribution in [0.2, 0.25) is 0 Å². The van der Waals surface area contributed by atoms with Gasteiger partial charge in [0.25, 0.3) is 0 Å². The van der Waals surface area contributed by atoms with Crippen molar-refractivity contribution >= 4 is 35.0 Å². The number of phenolic OH excluding ortho intramolecular Hbond substituents is 1. The summed E-state index contributed by atoms with van der Waals surface area (Å²) in [4.78, 5) is 66.4. The number of anilines is 1. The second kappa shape index (κ2) is 8.69. The van der Waals surface area contributed by atoms with Crippen molar-refractivity contribution < 1.29 is 38.6 Å². The van der Waals surface area contributed by atoms with Gasteiger partial charge in [0, 0.05) is 28.2 Å². The highest BCUT2D eigenvalue weighted by molar-refractivity contribution is 6.25. The molecule has 0 saturated carbocycles. The van der Waals surface area contributed by atoms with Crippen molar-refractivity contribution in [2.75, 3.05) is 4.90 Å². The molecule has 2 aromatic carbocycles. The Morgan fingerprint density at radius 1 is 1.03 bits per heavy atom. The summed E-state index contributed by atoms with van der Waals surface area (Å²) in [6.07, 6.45) is 3.19. The Kier molecular flexibility index (Phi) is 5.50. The third-order valence-corrected chi connectivity index (χ3v) is 8.25. The maximum Gasteiger partial charge on any atom is 0.335 e. The topological polar surface area (TPSA) is 129 Å². The number of hydrogen-bond donors (Lipinski definition) is 2. The molecule has 1 aliphatic heterocycles. The Balaban J connectivity index is 1.49. The lowest BCUT2D eigenvalue weighted by atomic mass is 9.59. The number of halogens is 1. The molecule has 3 aliphatic carbocycles. The summed E-state index contributed by atoms with van der Waals surface area (Å²) in [5.41, 5.74) is 1.31. The number of para-hydroxylation sites is 1. The van der Waals surface area contributed by atoms with Crippen molar-refractivity contribution in [3.63, 3.8) is 0 Å². The van der Waals surface area contributed by atoms with Crippen LogP contribution in [0.3, 0.4) is 0 Å². The minimum absolute atomic E-state index is 0.0330. The first-order valence-corrected chi connectivity index (χ1v) is 12.5. The molecule has 4 atom stereocenters. The number of fused-ring (bicyclic) bond motifs is 3. The number of rotatable bonds is 3. The Morgan fingerprint density at radius 2 is 1.77 bits per heavy atom. The molecular formula is C30H22FNO7. The zero-order chi connectivity index (χ0) is 27.7. The first-order chi connectivity index (χ1) is 18.6. The van der Waals surface area contributed by atoms with E-state index in [0.29, 0.717) is 5.57 Å². The van der Waals surface area contributed by atoms with Gasteiger partial charge in [0.2, 0.25) is 11.8 Å². The fourth-order valence-corrected chi connectivity index (χ4v) is 6.51. The van der Waals surface area contributed by atoms with Crippen LogP contribution in [-0.4, -0.2) is 39.6 Å². The predicted octanol–water partition coefficient (Wildman–Crippen LogP) is 3.86. The lowest BCUT2D eigenvalue weighted by Crippen LogP contribution is -2.39. The molecule has 0 aromatic heterocycles. The number of carboxylic acids is 1. The van der Waals surface area contributed by atoms with Crippen LogP contribution in [0.1, 0.15) is 41.6 Å². The highest BCUT2D eigenvalue weighted by Gasteiger charge is 2.57. The minimum atomic E-state index is -1.20. The number of aromatic carboxylic acids is 1. The molecule has 39 heavy (non-hydrogen) atoms. The molecule has 2 aromatic rings. The van der Waals surface area contributed by atoms with E-state index in [0.717, 1.165) is 11.0 Å². The van der Waals surface area contributed by atoms with Gasteiger partial charge in [0.05, 0.1) is 23.1 Å². The number of imide groups is 1. The van der Waals surface area contributed by atoms with Crippen LogP contribution in [0.5, 0.6) is 5.75 Å². The van der Waals surface area contributed by atoms with E-state index in [4.69, 9.17) is 0 Å². The first-order valence-electron chi connectivity index (χ1n) is 12.5. The van der Waals surface area contributed by atoms with Crippen molar-refractivity contribution in [1.82, 2.24) is 0 Å². The second-order valence-electron chi connectivity index (χ2n) is 10.3. The van der Waals surface area contributed by atoms with E-state index in [-0.39, 0.29) is 52.2 Å². The summed E-state index contributed by atoms with van der Waals surface area (Å²) >= 11 is 0. The van der Waals surface area contributed by atoms with E-state index in [2.05, 4.69) is 0 Å². The fourth-order valence-electron chi connectivity index (χ4n) is 6.51. The number of benzene rings is 2. The Hall–Kier alpha value is -4.66. The molecule has 8 nitrogen and oxygen atoms in total. The van der Waals surface area contributed by atoms with Gasteiger partial charge in [-0.25, -0.2) is 9.18 Å². The summed E-state index contributed by atoms with van der Waals surface area (Å²) in [6.45, 7) is 1.52. The van der Waals surface area contributed by atoms with Gasteiger partial charge < -0.3 is 10.2 Å². The molecule has 1 saturated heterocycles. The van der Waals surface area contributed by atoms with Crippen molar-refractivity contribution in [1.29, 1.82) is 0 Å². The van der Waals surface area contributed by atoms with Crippen LogP contribution in [0.4, 0.5) is 10.1 Å². The number of aromatic hydroxyl groups is 1. The van der Waals surface area contributed by atoms with Gasteiger partial charge in [-0.2, -0.15) is 0 Å². The molecule has 2 amide bonds. The molecule has 1 heterocycles. The zero-order valence-corrected chi connectivity index (χ0v) is 20.7. The Bertz CT molecular complexity index is 1630. The molecule has 196 valence electrons. The number of carbonyl (C=O) groups is 5. The molecule has 0 radical (unpaired) electrons. The van der Waals surface area contributed by atoms with Gasteiger partial charge >= 0.3 is 5.97 Å². The van der Waals surface area contributed by atoms with Crippen LogP contribution in [-0.2, 0) is 19.2 Å². The van der Waals surface area contributed by atoms with E-state index in [1.165, 1.54) is 49.4 Å². The number of allylic oxidation sites excluding steroid dienone is 6. The van der Waals surface area contributed by atoms with E-state index < -0.39 is 58.8 Å². The Morgan fingerprint density at radius 3 is 2.51 bits per heavy atom. The van der Waals surface area contributed by atoms with Crippen molar-refractivity contribution in [3.05, 3.63) is 93.9 Å². The van der Waals surface area contributed by atoms with Gasteiger partial charge in [0.1, 0.15) is 0 Å². The fraction of sp³-hybridized carbons (Fsp3) is 0.233. The molecule has 0 bridgehead atoms. The predicted molar refractivity (Wildman–Crippen MR) is 135 cm³/mol. The number of carboxylic acid groups (broad SMARTS) is 1. The van der Waals surface area contributed by atoms with Crippen molar-refractivity contribution in [3.8, 4) is 5.75 Å². The number of amides is 2. The number of nitrogens with zero attached hydrogens (tertiary/aromatic N) is 1. The SMILES string of the molecule is CC1=CC(=O)C2=C(C1=O)C(c1cccc(F)c1O)C1=CCC3C(=O)N(c4cccc(C(=O)O)c4)C(=O)C3C1C2. The number of Topliss-reactive ketones (excluding diaryl/α,β-unsaturated/α-hetero) is 1. The standard InChI is InChI=1S/C30H22FNO7/c1-13-10-22(33)20-12-19-16(23(25(20)26(13)34)17-6-3-7-21(31)27(17)35)8-9-18-24(19)29(37)32(28(18)36)15-5-2-4-14(11-15)30(38)39/h2-8,10-11,18-19,23-24,35H,9,12H2,1H3,(H,38,39). The number of carbonyl (C=O) groups excluding carboxylic acids is 4. The smallest absolute Gasteiger partial charge is 0.335 e. The molecule has 4 unspecified atom stereocenters. The van der Waals surface area contributed by atoms with Gasteiger partial charge in [-0.15, -0.1) is 0 Å². The first kappa shape index (κ1) is 24.7. The van der Waals surface area contributed by atoms with Crippen LogP contribution in [0.15, 0.2) is 76.9 Å². The summed E-state index contributed by atoms with van der Waals surface area (Å²) in [7, 11) is 0. The van der Waals surface area contributed by atoms with E-state index in [1.54, 1.807) is 6.08 Å². The van der Waals surface area contributed by atoms with Crippen molar-refractivity contribution in [2.45, 2.75) is 25.7 Å². The van der Waals surface area contributed by atoms with E-state index in [1.807, 2.05) is 0 Å². The van der Waals surface area contributed by atoms with Gasteiger partial charge in [-0.1, -0.05) is 29.8 Å². The average molecular weight is 528 g/mol. The van der Waals surface area contributed by atoms with Gasteiger partial charge in [-0.05, 0) is 56.0 Å². The summed E-state index contributed by atoms with van der Waals surface area (Å²) in [5, 5.41) is 20.1. The summed E-state index contributed by atoms with van der Waals surface area (Å²) in [5.74, 6) is -7.80. The normalized spacial score (nSPS) is 26.2. The highest BCUT2D eigenvalue weighted by atomic mass is 19.1. The zero-order valence-electron chi connectivity index (χ0n) is 20.7. The monoisotopic (exact) mass is 527 g/mol. The molecule has 9 heteroatoms. The largest absolute Gasteiger partial charge is 0.505 e. The summed E-state index contributed by atoms with van der Waals surface area (Å²) in [6, 6.07) is 9.53. The molecule has 4 aliphatic rings. The third-order valence-electron chi connectivity index (χ3n) is 8.25. The lowest BCUT2D eigenvalue weighted by molar-refractivity contribution is -0.123. The van der Waals surface area contributed by atoms with E-state index >= 15 is 0 Å². The molecule has 6 rings (SSSR count). The van der Waals surface area contributed by atoms with Crippen molar-refractivity contribution in [2.24, 2.45) is 17.8 Å². The van der Waals surface area contributed by atoms with Gasteiger partial charge in [0.15, 0.2) is 23.1 Å². The summed E-state index contributed by atoms with van der Waals surface area (Å²) < 4.78 is 14.5. The highest BCUT2D eigenvalue weighted by Crippen LogP contribution is 2.56. The average Bonchev–Trinajstić information content (AvgIpc) is 3.17. The number of phenols is 1. The molecule has 1 fully saturated rings. The minimum Gasteiger partial charge on any atom is -0.505 e. The maximum absolute atomic E-state index is 14.5. The van der Waals surface area contributed by atoms with Crippen LogP contribution >= 0.6 is 0 Å². The number of hydrogen-bond acceptors (Lipinski definition) is 6. The third kappa shape index (κ3) is 3.53. The van der Waals surface area contributed by atoms with Crippen LogP contribution in [0.25, 0.3) is 0 Å². The van der Waals surface area contributed by atoms with Crippen LogP contribution < -0.4 is 4.90 Å². The second-order valence-corrected chi connectivity index (χ2v) is 10.3. The quantitative estimate of drug-likeness (QED) is 0.352. The Labute approximate surface area is 221 Å². The lowest BCUT2D eigenvalue weighted by Gasteiger charge is -2.42. The van der Waals surface area contributed by atoms with E-state index in [9.17, 15) is 38.6 Å². The number of ketones is 2. The molecule has 0 spiro atoms. The maximum atomic E-state index is 14.5.